The number of methoxy groups -OCH3 is 1. The minimum absolute atomic E-state index is 0. The van der Waals surface area contributed by atoms with E-state index in [0.29, 0.717) is 11.3 Å². The zero-order valence-corrected chi connectivity index (χ0v) is 11.6. The Morgan fingerprint density at radius 2 is 2.17 bits per heavy atom. The number of rotatable bonds is 5. The van der Waals surface area contributed by atoms with Crippen LogP contribution >= 0.6 is 12.4 Å². The van der Waals surface area contributed by atoms with Gasteiger partial charge in [0.2, 0.25) is 0 Å². The maximum absolute atomic E-state index is 10.6. The van der Waals surface area contributed by atoms with E-state index in [1.807, 2.05) is 0 Å². The van der Waals surface area contributed by atoms with E-state index in [-0.39, 0.29) is 18.1 Å². The average Bonchev–Trinajstić information content (AvgIpc) is 2.27. The van der Waals surface area contributed by atoms with Crippen LogP contribution in [0, 0.1) is 0 Å². The minimum atomic E-state index is -2.45. The lowest BCUT2D eigenvalue weighted by molar-refractivity contribution is 0.153. The molecule has 0 radical (unpaired) electrons. The van der Waals surface area contributed by atoms with Crippen molar-refractivity contribution < 1.29 is 18.6 Å². The number of hydrogen-bond acceptors (Lipinski definition) is 5. The highest BCUT2D eigenvalue weighted by molar-refractivity contribution is 7.80. The molecule has 0 heterocycles. The molecule has 18 heavy (non-hydrogen) atoms. The molecule has 0 aliphatic heterocycles. The number of aliphatic hydroxyl groups is 1. The summed E-state index contributed by atoms with van der Waals surface area (Å²) in [5.41, 5.74) is 6.35. The molecule has 6 nitrogen and oxygen atoms in total. The van der Waals surface area contributed by atoms with E-state index in [9.17, 15) is 13.9 Å². The van der Waals surface area contributed by atoms with Crippen LogP contribution in [0.5, 0.6) is 5.75 Å². The van der Waals surface area contributed by atoms with E-state index < -0.39 is 23.4 Å². The van der Waals surface area contributed by atoms with Crippen molar-refractivity contribution in [3.63, 3.8) is 0 Å². The molecule has 0 amide bonds. The first kappa shape index (κ1) is 17.1. The topological polar surface area (TPSA) is 108 Å². The molecular formula is C10H16ClN2O4S-. The molecule has 3 unspecified atom stereocenters. The zero-order valence-electron chi connectivity index (χ0n) is 9.95. The SMILES string of the molecule is COc1ccc(C(O)C(C)N)cc1NS(=O)[O-].Cl. The Hall–Kier alpha value is -0.860. The maximum atomic E-state index is 10.6. The number of hydrogen-bond donors (Lipinski definition) is 3. The third kappa shape index (κ3) is 4.43. The predicted molar refractivity (Wildman–Crippen MR) is 71.4 cm³/mol. The van der Waals surface area contributed by atoms with Crippen LogP contribution in [-0.2, 0) is 11.3 Å². The van der Waals surface area contributed by atoms with Gasteiger partial charge >= 0.3 is 0 Å². The second kappa shape index (κ2) is 7.55. The average molecular weight is 296 g/mol. The molecule has 1 aromatic rings. The van der Waals surface area contributed by atoms with Gasteiger partial charge in [0.25, 0.3) is 0 Å². The Kier molecular flexibility index (Phi) is 7.19. The Labute approximate surface area is 114 Å². The van der Waals surface area contributed by atoms with Crippen molar-refractivity contribution in [2.75, 3.05) is 11.8 Å². The Balaban J connectivity index is 0.00000289. The Morgan fingerprint density at radius 3 is 2.61 bits per heavy atom. The molecule has 0 aromatic heterocycles. The number of halogens is 1. The van der Waals surface area contributed by atoms with E-state index in [4.69, 9.17) is 10.5 Å². The minimum Gasteiger partial charge on any atom is -0.755 e. The molecular weight excluding hydrogens is 280 g/mol. The van der Waals surface area contributed by atoms with E-state index in [2.05, 4.69) is 4.72 Å². The molecule has 0 aliphatic rings. The maximum Gasteiger partial charge on any atom is 0.142 e. The monoisotopic (exact) mass is 295 g/mol. The molecule has 0 saturated carbocycles. The molecule has 4 N–H and O–H groups in total. The molecule has 1 aromatic carbocycles. The molecule has 8 heteroatoms. The summed E-state index contributed by atoms with van der Waals surface area (Å²) in [6, 6.07) is 4.24. The van der Waals surface area contributed by atoms with Crippen LogP contribution in [0.2, 0.25) is 0 Å². The highest BCUT2D eigenvalue weighted by Gasteiger charge is 2.14. The van der Waals surface area contributed by atoms with Crippen LogP contribution < -0.4 is 15.2 Å². The second-order valence-electron chi connectivity index (χ2n) is 3.60. The van der Waals surface area contributed by atoms with Crippen molar-refractivity contribution in [3.05, 3.63) is 23.8 Å². The highest BCUT2D eigenvalue weighted by Crippen LogP contribution is 2.29. The van der Waals surface area contributed by atoms with Gasteiger partial charge in [-0.15, -0.1) is 12.4 Å². The van der Waals surface area contributed by atoms with Gasteiger partial charge < -0.3 is 24.9 Å². The van der Waals surface area contributed by atoms with Gasteiger partial charge in [0.1, 0.15) is 5.75 Å². The fraction of sp³-hybridized carbons (Fsp3) is 0.400. The van der Waals surface area contributed by atoms with Crippen molar-refractivity contribution in [2.45, 2.75) is 19.1 Å². The fourth-order valence-electron chi connectivity index (χ4n) is 1.38. The zero-order chi connectivity index (χ0) is 13.0. The van der Waals surface area contributed by atoms with Gasteiger partial charge in [-0.2, -0.15) is 0 Å². The Bertz CT molecular complexity index is 417. The summed E-state index contributed by atoms with van der Waals surface area (Å²) in [4.78, 5) is 0. The number of nitrogens with two attached hydrogens (primary N) is 1. The quantitative estimate of drug-likeness (QED) is 0.693. The van der Waals surface area contributed by atoms with Crippen LogP contribution in [0.3, 0.4) is 0 Å². The van der Waals surface area contributed by atoms with Gasteiger partial charge in [0, 0.05) is 17.3 Å². The van der Waals surface area contributed by atoms with Crippen LogP contribution in [-0.4, -0.2) is 27.0 Å². The van der Waals surface area contributed by atoms with Gasteiger partial charge in [0.05, 0.1) is 18.9 Å². The molecule has 0 aliphatic carbocycles. The van der Waals surface area contributed by atoms with Crippen LogP contribution in [0.4, 0.5) is 5.69 Å². The van der Waals surface area contributed by atoms with E-state index in [1.54, 1.807) is 19.1 Å². The fourth-order valence-corrected chi connectivity index (χ4v) is 1.72. The number of aliphatic hydroxyl groups excluding tert-OH is 1. The van der Waals surface area contributed by atoms with Crippen LogP contribution in [0.25, 0.3) is 0 Å². The van der Waals surface area contributed by atoms with Gasteiger partial charge in [0.15, 0.2) is 0 Å². The summed E-state index contributed by atoms with van der Waals surface area (Å²) in [5, 5.41) is 9.77. The molecule has 0 spiro atoms. The number of benzene rings is 1. The van der Waals surface area contributed by atoms with E-state index in [0.717, 1.165) is 0 Å². The van der Waals surface area contributed by atoms with Gasteiger partial charge in [-0.1, -0.05) is 6.07 Å². The van der Waals surface area contributed by atoms with E-state index in [1.165, 1.54) is 13.2 Å². The lowest BCUT2D eigenvalue weighted by Gasteiger charge is -2.18. The lowest BCUT2D eigenvalue weighted by atomic mass is 10.0. The molecule has 0 fully saturated rings. The van der Waals surface area contributed by atoms with Gasteiger partial charge in [-0.25, -0.2) is 0 Å². The summed E-state index contributed by atoms with van der Waals surface area (Å²) in [6.45, 7) is 1.66. The molecule has 3 atom stereocenters. The van der Waals surface area contributed by atoms with Crippen molar-refractivity contribution in [2.24, 2.45) is 5.73 Å². The van der Waals surface area contributed by atoms with E-state index >= 15 is 0 Å². The standard InChI is InChI=1S/C10H16N2O4S.ClH/c1-6(11)10(13)7-3-4-9(16-2)8(5-7)12-17(14)15;/h3-6,10,12-13H,11H2,1-2H3,(H,14,15);1H/p-1. The third-order valence-corrected chi connectivity index (χ3v) is 2.64. The summed E-state index contributed by atoms with van der Waals surface area (Å²) in [6.07, 6.45) is -0.860. The number of nitrogens with one attached hydrogen (secondary N) is 1. The van der Waals surface area contributed by atoms with Crippen molar-refractivity contribution in [1.29, 1.82) is 0 Å². The third-order valence-electron chi connectivity index (χ3n) is 2.26. The molecule has 1 rings (SSSR count). The van der Waals surface area contributed by atoms with Gasteiger partial charge in [-0.3, -0.25) is 4.21 Å². The molecule has 104 valence electrons. The number of ether oxygens (including phenoxy) is 1. The molecule has 0 saturated heterocycles. The Morgan fingerprint density at radius 1 is 1.56 bits per heavy atom. The van der Waals surface area contributed by atoms with Crippen LogP contribution in [0.1, 0.15) is 18.6 Å². The van der Waals surface area contributed by atoms with Crippen molar-refractivity contribution >= 4 is 29.4 Å². The first-order chi connectivity index (χ1) is 7.95. The summed E-state index contributed by atoms with van der Waals surface area (Å²) in [5.74, 6) is 0.370. The van der Waals surface area contributed by atoms with Gasteiger partial charge in [-0.05, 0) is 24.6 Å². The first-order valence-electron chi connectivity index (χ1n) is 4.93. The van der Waals surface area contributed by atoms with Crippen molar-refractivity contribution in [1.82, 2.24) is 0 Å². The number of anilines is 1. The van der Waals surface area contributed by atoms with Crippen molar-refractivity contribution in [3.8, 4) is 5.75 Å². The summed E-state index contributed by atoms with van der Waals surface area (Å²) < 4.78 is 28.4. The first-order valence-corrected chi connectivity index (χ1v) is 6.00. The summed E-state index contributed by atoms with van der Waals surface area (Å²) >= 11 is -2.45. The second-order valence-corrected chi connectivity index (χ2v) is 4.27. The van der Waals surface area contributed by atoms with Crippen LogP contribution in [0.15, 0.2) is 18.2 Å². The lowest BCUT2D eigenvalue weighted by Crippen LogP contribution is -2.24. The highest BCUT2D eigenvalue weighted by atomic mass is 35.5. The largest absolute Gasteiger partial charge is 0.755 e. The normalized spacial score (nSPS) is 15.2. The molecule has 0 bridgehead atoms. The smallest absolute Gasteiger partial charge is 0.142 e. The summed E-state index contributed by atoms with van der Waals surface area (Å²) in [7, 11) is 1.43. The predicted octanol–water partition coefficient (Wildman–Crippen LogP) is 0.704.